The lowest BCUT2D eigenvalue weighted by Gasteiger charge is -2.24. The minimum absolute atomic E-state index is 0.0768. The molecule has 0 unspecified atom stereocenters. The van der Waals surface area contributed by atoms with Gasteiger partial charge in [0.05, 0.1) is 28.8 Å². The number of aliphatic hydroxyl groups is 1. The van der Waals surface area contributed by atoms with Crippen LogP contribution in [-0.2, 0) is 29.4 Å². The zero-order chi connectivity index (χ0) is 27.2. The van der Waals surface area contributed by atoms with Crippen LogP contribution in [0.3, 0.4) is 0 Å². The molecule has 1 aliphatic carbocycles. The van der Waals surface area contributed by atoms with Gasteiger partial charge in [-0.25, -0.2) is 4.98 Å². The van der Waals surface area contributed by atoms with E-state index in [-0.39, 0.29) is 35.5 Å². The zero-order valence-corrected chi connectivity index (χ0v) is 21.2. The molecule has 7 nitrogen and oxygen atoms in total. The first-order valence-electron chi connectivity index (χ1n) is 12.7. The molecule has 3 aromatic rings. The number of aromatic nitrogens is 3. The lowest BCUT2D eigenvalue weighted by Crippen LogP contribution is -2.36. The van der Waals surface area contributed by atoms with Gasteiger partial charge in [0.1, 0.15) is 5.82 Å². The first-order chi connectivity index (χ1) is 18.0. The number of H-pyrrole nitrogens is 1. The Morgan fingerprint density at radius 1 is 1.18 bits per heavy atom. The summed E-state index contributed by atoms with van der Waals surface area (Å²) >= 11 is 0. The van der Waals surface area contributed by atoms with Crippen LogP contribution in [-0.4, -0.2) is 37.4 Å². The molecule has 0 radical (unpaired) electrons. The van der Waals surface area contributed by atoms with E-state index in [9.17, 15) is 27.9 Å². The third-order valence-corrected chi connectivity index (χ3v) is 7.50. The second kappa shape index (κ2) is 9.65. The fraction of sp³-hybridized carbons (Fsp3) is 0.429. The molecule has 10 heteroatoms. The maximum atomic E-state index is 13.2. The molecular formula is C28H29F3N4O3. The monoisotopic (exact) mass is 526 g/mol. The van der Waals surface area contributed by atoms with Crippen molar-refractivity contribution in [3.05, 3.63) is 92.4 Å². The number of fused-ring (bicyclic) bond motifs is 1. The summed E-state index contributed by atoms with van der Waals surface area (Å²) in [4.78, 5) is 39.9. The molecule has 0 spiro atoms. The number of pyridine rings is 1. The lowest BCUT2D eigenvalue weighted by atomic mass is 9.93. The molecule has 1 saturated carbocycles. The number of hydrogen-bond donors (Lipinski definition) is 2. The van der Waals surface area contributed by atoms with E-state index in [0.29, 0.717) is 29.9 Å². The highest BCUT2D eigenvalue weighted by molar-refractivity contribution is 5.82. The minimum Gasteiger partial charge on any atom is -0.378 e. The first-order valence-corrected chi connectivity index (χ1v) is 12.7. The van der Waals surface area contributed by atoms with E-state index in [4.69, 9.17) is 4.98 Å². The van der Waals surface area contributed by atoms with Crippen LogP contribution in [0.25, 0.3) is 0 Å². The number of aromatic amines is 1. The van der Waals surface area contributed by atoms with Crippen molar-refractivity contribution in [3.63, 3.8) is 0 Å². The Morgan fingerprint density at radius 3 is 2.63 bits per heavy atom. The summed E-state index contributed by atoms with van der Waals surface area (Å²) in [5.74, 6) is 0.114. The highest BCUT2D eigenvalue weighted by atomic mass is 19.4. The van der Waals surface area contributed by atoms with Crippen molar-refractivity contribution in [1.29, 1.82) is 0 Å². The molecule has 1 atom stereocenters. The average molecular weight is 527 g/mol. The van der Waals surface area contributed by atoms with Gasteiger partial charge < -0.3 is 15.0 Å². The number of aliphatic hydroxyl groups excluding tert-OH is 1. The van der Waals surface area contributed by atoms with Crippen LogP contribution in [0.1, 0.15) is 84.6 Å². The third kappa shape index (κ3) is 4.84. The molecule has 5 rings (SSSR count). The van der Waals surface area contributed by atoms with E-state index < -0.39 is 23.8 Å². The van der Waals surface area contributed by atoms with Gasteiger partial charge in [-0.05, 0) is 67.0 Å². The summed E-state index contributed by atoms with van der Waals surface area (Å²) in [5, 5.41) is 10.6. The van der Waals surface area contributed by atoms with Crippen LogP contribution in [0.15, 0.2) is 47.4 Å². The largest absolute Gasteiger partial charge is 0.416 e. The Balaban J connectivity index is 1.41. The van der Waals surface area contributed by atoms with Crippen LogP contribution in [0.4, 0.5) is 13.2 Å². The molecule has 1 amide bonds. The van der Waals surface area contributed by atoms with E-state index in [1.165, 1.54) is 11.0 Å². The van der Waals surface area contributed by atoms with E-state index in [2.05, 4.69) is 29.9 Å². The predicted octanol–water partition coefficient (Wildman–Crippen LogP) is 4.40. The Kier molecular flexibility index (Phi) is 6.63. The number of carbonyl (C=O) groups excluding carboxylic acids is 1. The van der Waals surface area contributed by atoms with Crippen molar-refractivity contribution >= 4 is 5.91 Å². The normalized spacial score (nSPS) is 17.6. The molecule has 2 aliphatic rings. The van der Waals surface area contributed by atoms with Gasteiger partial charge in [-0.2, -0.15) is 13.2 Å². The van der Waals surface area contributed by atoms with Gasteiger partial charge in [0, 0.05) is 18.4 Å². The first kappa shape index (κ1) is 26.1. The third-order valence-electron chi connectivity index (χ3n) is 7.50. The average Bonchev–Trinajstić information content (AvgIpc) is 3.72. The van der Waals surface area contributed by atoms with E-state index >= 15 is 0 Å². The van der Waals surface area contributed by atoms with Crippen LogP contribution in [0.2, 0.25) is 0 Å². The molecule has 0 saturated heterocycles. The highest BCUT2D eigenvalue weighted by Gasteiger charge is 2.49. The maximum Gasteiger partial charge on any atom is 0.416 e. The van der Waals surface area contributed by atoms with Gasteiger partial charge in [-0.15, -0.1) is 0 Å². The fourth-order valence-corrected chi connectivity index (χ4v) is 5.09. The van der Waals surface area contributed by atoms with Gasteiger partial charge >= 0.3 is 6.18 Å². The zero-order valence-electron chi connectivity index (χ0n) is 21.2. The second-order valence-electron chi connectivity index (χ2n) is 10.4. The molecule has 2 aromatic heterocycles. The van der Waals surface area contributed by atoms with Crippen molar-refractivity contribution < 1.29 is 23.1 Å². The van der Waals surface area contributed by atoms with Gasteiger partial charge in [-0.3, -0.25) is 14.6 Å². The standard InChI is InChI=1S/C28H29F3N4O3/c1-16(2)22-14-18(8-11-32-22)27(9-10-27)26-33-21-7-4-12-35(15-20(21)24(37)34-26)25(38)23(36)17-5-3-6-19(13-17)28(29,30)31/h3,5-6,8,11,13-14,16,23,36H,4,7,9-10,12,15H2,1-2H3,(H,33,34,37)/t23-/m1/s1. The van der Waals surface area contributed by atoms with Crippen LogP contribution < -0.4 is 5.56 Å². The number of nitrogens with zero attached hydrogens (tertiary/aromatic N) is 3. The summed E-state index contributed by atoms with van der Waals surface area (Å²) in [7, 11) is 0. The van der Waals surface area contributed by atoms with E-state index in [1.807, 2.05) is 6.07 Å². The van der Waals surface area contributed by atoms with Crippen molar-refractivity contribution in [2.45, 2.75) is 69.7 Å². The van der Waals surface area contributed by atoms with Gasteiger partial charge in [0.2, 0.25) is 0 Å². The van der Waals surface area contributed by atoms with Crippen LogP contribution >= 0.6 is 0 Å². The SMILES string of the molecule is CC(C)c1cc(C2(c3nc4c(c(=O)[nH]3)CN(C(=O)[C@H](O)c3cccc(C(F)(F)F)c3)CCC4)CC2)ccn1. The van der Waals surface area contributed by atoms with Gasteiger partial charge in [0.15, 0.2) is 6.10 Å². The summed E-state index contributed by atoms with van der Waals surface area (Å²) < 4.78 is 39.3. The lowest BCUT2D eigenvalue weighted by molar-refractivity contribution is -0.142. The number of carbonyl (C=O) groups is 1. The van der Waals surface area contributed by atoms with Crippen LogP contribution in [0.5, 0.6) is 0 Å². The molecule has 38 heavy (non-hydrogen) atoms. The molecule has 0 bridgehead atoms. The molecule has 3 heterocycles. The quantitative estimate of drug-likeness (QED) is 0.514. The number of rotatable bonds is 5. The van der Waals surface area contributed by atoms with Crippen molar-refractivity contribution in [2.75, 3.05) is 6.54 Å². The molecule has 2 N–H and O–H groups in total. The number of nitrogens with one attached hydrogen (secondary N) is 1. The summed E-state index contributed by atoms with van der Waals surface area (Å²) in [6, 6.07) is 8.12. The summed E-state index contributed by atoms with van der Waals surface area (Å²) in [5.41, 5.74) is 1.17. The number of alkyl halides is 3. The Hall–Kier alpha value is -3.53. The van der Waals surface area contributed by atoms with E-state index in [0.717, 1.165) is 42.3 Å². The summed E-state index contributed by atoms with van der Waals surface area (Å²) in [6.07, 6.45) is -1.91. The summed E-state index contributed by atoms with van der Waals surface area (Å²) in [6.45, 7) is 4.32. The molecular weight excluding hydrogens is 497 g/mol. The smallest absolute Gasteiger partial charge is 0.378 e. The number of aryl methyl sites for hydroxylation is 1. The molecule has 1 aromatic carbocycles. The number of hydrogen-bond acceptors (Lipinski definition) is 5. The van der Waals surface area contributed by atoms with Crippen molar-refractivity contribution in [3.8, 4) is 0 Å². The predicted molar refractivity (Wildman–Crippen MR) is 133 cm³/mol. The minimum atomic E-state index is -4.59. The second-order valence-corrected chi connectivity index (χ2v) is 10.4. The fourth-order valence-electron chi connectivity index (χ4n) is 5.09. The number of benzene rings is 1. The van der Waals surface area contributed by atoms with E-state index in [1.54, 1.807) is 6.20 Å². The highest BCUT2D eigenvalue weighted by Crippen LogP contribution is 2.52. The Bertz CT molecular complexity index is 1430. The molecule has 200 valence electrons. The van der Waals surface area contributed by atoms with Crippen molar-refractivity contribution in [2.24, 2.45) is 0 Å². The van der Waals surface area contributed by atoms with Gasteiger partial charge in [-0.1, -0.05) is 26.0 Å². The number of amides is 1. The molecule has 1 aliphatic heterocycles. The maximum absolute atomic E-state index is 13.2. The number of halogens is 3. The molecule has 1 fully saturated rings. The van der Waals surface area contributed by atoms with Crippen molar-refractivity contribution in [1.82, 2.24) is 19.9 Å². The van der Waals surface area contributed by atoms with Gasteiger partial charge in [0.25, 0.3) is 11.5 Å². The van der Waals surface area contributed by atoms with Crippen LogP contribution in [0, 0.1) is 0 Å². The Morgan fingerprint density at radius 2 is 1.95 bits per heavy atom. The topological polar surface area (TPSA) is 99.2 Å². The Labute approximate surface area is 217 Å².